The Morgan fingerprint density at radius 3 is 2.50 bits per heavy atom. The van der Waals surface area contributed by atoms with Gasteiger partial charge in [0.2, 0.25) is 0 Å². The molecule has 9 heteroatoms. The summed E-state index contributed by atoms with van der Waals surface area (Å²) in [5, 5.41) is 13.7. The molecule has 0 saturated carbocycles. The van der Waals surface area contributed by atoms with E-state index in [0.717, 1.165) is 12.1 Å². The van der Waals surface area contributed by atoms with Gasteiger partial charge in [0.05, 0.1) is 21.6 Å². The van der Waals surface area contributed by atoms with Crippen LogP contribution in [0.25, 0.3) is 10.8 Å². The lowest BCUT2D eigenvalue weighted by molar-refractivity contribution is -0.383. The van der Waals surface area contributed by atoms with E-state index in [2.05, 4.69) is 10.3 Å². The number of hydrogen-bond donors (Lipinski definition) is 1. The summed E-state index contributed by atoms with van der Waals surface area (Å²) in [6, 6.07) is 10.1. The number of fused-ring (bicyclic) bond motifs is 1. The number of nitro groups is 1. The first-order valence-corrected chi connectivity index (χ1v) is 7.29. The van der Waals surface area contributed by atoms with E-state index in [-0.39, 0.29) is 16.8 Å². The first-order chi connectivity index (χ1) is 12.3. The van der Waals surface area contributed by atoms with E-state index >= 15 is 0 Å². The molecule has 0 bridgehead atoms. The van der Waals surface area contributed by atoms with Gasteiger partial charge in [0.15, 0.2) is 0 Å². The second kappa shape index (κ2) is 6.43. The maximum atomic E-state index is 13.1. The second-order valence-electron chi connectivity index (χ2n) is 5.29. The van der Waals surface area contributed by atoms with Gasteiger partial charge in [-0.05, 0) is 23.6 Å². The number of aromatic nitrogens is 1. The van der Waals surface area contributed by atoms with Crippen LogP contribution in [0.4, 0.5) is 24.5 Å². The lowest BCUT2D eigenvalue weighted by Gasteiger charge is -2.13. The fourth-order valence-electron chi connectivity index (χ4n) is 2.56. The topological polar surface area (TPSA) is 85.1 Å². The summed E-state index contributed by atoms with van der Waals surface area (Å²) < 4.78 is 39.2. The molecule has 0 aliphatic heterocycles. The van der Waals surface area contributed by atoms with Crippen molar-refractivity contribution in [2.45, 2.75) is 6.18 Å². The third-order valence-corrected chi connectivity index (χ3v) is 3.66. The van der Waals surface area contributed by atoms with Gasteiger partial charge in [-0.25, -0.2) is 0 Å². The van der Waals surface area contributed by atoms with Gasteiger partial charge < -0.3 is 5.32 Å². The summed E-state index contributed by atoms with van der Waals surface area (Å²) in [7, 11) is 0. The van der Waals surface area contributed by atoms with E-state index in [1.54, 1.807) is 6.07 Å². The first kappa shape index (κ1) is 17.3. The van der Waals surface area contributed by atoms with Gasteiger partial charge in [-0.15, -0.1) is 0 Å². The summed E-state index contributed by atoms with van der Waals surface area (Å²) in [5.74, 6) is -0.971. The van der Waals surface area contributed by atoms with Crippen LogP contribution >= 0.6 is 0 Å². The number of nitro benzene ring substituents is 1. The largest absolute Gasteiger partial charge is 0.418 e. The minimum absolute atomic E-state index is 0.0398. The molecule has 6 nitrogen and oxygen atoms in total. The number of pyridine rings is 1. The number of hydrogen-bond acceptors (Lipinski definition) is 4. The van der Waals surface area contributed by atoms with Crippen LogP contribution < -0.4 is 5.32 Å². The van der Waals surface area contributed by atoms with Gasteiger partial charge >= 0.3 is 6.18 Å². The summed E-state index contributed by atoms with van der Waals surface area (Å²) in [6.45, 7) is 0. The molecule has 1 heterocycles. The normalized spacial score (nSPS) is 11.3. The van der Waals surface area contributed by atoms with Gasteiger partial charge in [-0.3, -0.25) is 19.9 Å². The van der Waals surface area contributed by atoms with Gasteiger partial charge in [-0.2, -0.15) is 13.2 Å². The predicted octanol–water partition coefficient (Wildman–Crippen LogP) is 4.41. The summed E-state index contributed by atoms with van der Waals surface area (Å²) in [4.78, 5) is 26.9. The number of para-hydroxylation sites is 1. The minimum atomic E-state index is -4.66. The number of alkyl halides is 3. The van der Waals surface area contributed by atoms with Crippen molar-refractivity contribution in [3.63, 3.8) is 0 Å². The zero-order valence-electron chi connectivity index (χ0n) is 12.9. The highest BCUT2D eigenvalue weighted by atomic mass is 19.4. The molecule has 0 spiro atoms. The molecule has 3 aromatic rings. The van der Waals surface area contributed by atoms with Gasteiger partial charge in [0.25, 0.3) is 11.6 Å². The number of non-ortho nitro benzene ring substituents is 1. The highest BCUT2D eigenvalue weighted by Gasteiger charge is 2.34. The summed E-state index contributed by atoms with van der Waals surface area (Å²) in [5.41, 5.74) is -2.16. The van der Waals surface area contributed by atoms with E-state index in [9.17, 15) is 28.1 Å². The standard InChI is InChI=1S/C17H10F3N3O3/c18-17(19,20)11-5-1-2-6-12(11)22-16(24)15-14-10(8-9-21-15)4-3-7-13(14)23(25)26/h1-9H,(H,22,24). The van der Waals surface area contributed by atoms with Crippen LogP contribution in [0.2, 0.25) is 0 Å². The lowest BCUT2D eigenvalue weighted by atomic mass is 10.1. The Balaban J connectivity index is 2.09. The Morgan fingerprint density at radius 1 is 1.08 bits per heavy atom. The molecule has 0 fully saturated rings. The molecule has 0 unspecified atom stereocenters. The molecule has 0 saturated heterocycles. The molecule has 1 amide bonds. The molecule has 3 rings (SSSR count). The smallest absolute Gasteiger partial charge is 0.320 e. The van der Waals surface area contributed by atoms with E-state index in [1.807, 2.05) is 0 Å². The quantitative estimate of drug-likeness (QED) is 0.553. The first-order valence-electron chi connectivity index (χ1n) is 7.29. The summed E-state index contributed by atoms with van der Waals surface area (Å²) >= 11 is 0. The van der Waals surface area contributed by atoms with E-state index in [0.29, 0.717) is 5.39 Å². The number of nitrogens with one attached hydrogen (secondary N) is 1. The number of nitrogens with zero attached hydrogens (tertiary/aromatic N) is 2. The molecule has 0 radical (unpaired) electrons. The van der Waals surface area contributed by atoms with Crippen molar-refractivity contribution >= 4 is 28.1 Å². The van der Waals surface area contributed by atoms with Gasteiger partial charge in [0.1, 0.15) is 5.69 Å². The zero-order valence-corrected chi connectivity index (χ0v) is 12.9. The average Bonchev–Trinajstić information content (AvgIpc) is 2.60. The number of carbonyl (C=O) groups is 1. The van der Waals surface area contributed by atoms with E-state index in [4.69, 9.17) is 0 Å². The SMILES string of the molecule is O=C(Nc1ccccc1C(F)(F)F)c1nccc2cccc([N+](=O)[O-])c12. The highest BCUT2D eigenvalue weighted by molar-refractivity contribution is 6.13. The van der Waals surface area contributed by atoms with Crippen LogP contribution in [-0.4, -0.2) is 15.8 Å². The van der Waals surface area contributed by atoms with Crippen molar-refractivity contribution in [3.05, 3.63) is 76.1 Å². The molecule has 0 aliphatic carbocycles. The van der Waals surface area contributed by atoms with E-state index < -0.39 is 28.3 Å². The van der Waals surface area contributed by atoms with Crippen LogP contribution in [0.15, 0.2) is 54.7 Å². The van der Waals surface area contributed by atoms with Crippen LogP contribution in [0.1, 0.15) is 16.1 Å². The lowest BCUT2D eigenvalue weighted by Crippen LogP contribution is -2.18. The van der Waals surface area contributed by atoms with Crippen LogP contribution in [0, 0.1) is 10.1 Å². The third-order valence-electron chi connectivity index (χ3n) is 3.66. The number of amides is 1. The van der Waals surface area contributed by atoms with Crippen molar-refractivity contribution in [1.29, 1.82) is 0 Å². The molecule has 1 N–H and O–H groups in total. The maximum Gasteiger partial charge on any atom is 0.418 e. The Kier molecular flexibility index (Phi) is 4.29. The number of carbonyl (C=O) groups excluding carboxylic acids is 1. The highest BCUT2D eigenvalue weighted by Crippen LogP contribution is 2.35. The Labute approximate surface area is 144 Å². The molecule has 26 heavy (non-hydrogen) atoms. The Bertz CT molecular complexity index is 1010. The van der Waals surface area contributed by atoms with Crippen LogP contribution in [0.3, 0.4) is 0 Å². The third kappa shape index (κ3) is 3.18. The molecule has 0 atom stereocenters. The monoisotopic (exact) mass is 361 g/mol. The fourth-order valence-corrected chi connectivity index (χ4v) is 2.56. The maximum absolute atomic E-state index is 13.1. The molecule has 132 valence electrons. The van der Waals surface area contributed by atoms with Crippen molar-refractivity contribution < 1.29 is 22.9 Å². The van der Waals surface area contributed by atoms with Crippen molar-refractivity contribution in [3.8, 4) is 0 Å². The van der Waals surface area contributed by atoms with Crippen LogP contribution in [-0.2, 0) is 6.18 Å². The fraction of sp³-hybridized carbons (Fsp3) is 0.0588. The Morgan fingerprint density at radius 2 is 1.81 bits per heavy atom. The number of halogens is 3. The Hall–Kier alpha value is -3.49. The number of rotatable bonds is 3. The van der Waals surface area contributed by atoms with Crippen molar-refractivity contribution in [2.24, 2.45) is 0 Å². The number of anilines is 1. The van der Waals surface area contributed by atoms with E-state index in [1.165, 1.54) is 36.5 Å². The average molecular weight is 361 g/mol. The van der Waals surface area contributed by atoms with Gasteiger partial charge in [-0.1, -0.05) is 24.3 Å². The van der Waals surface area contributed by atoms with Crippen molar-refractivity contribution in [2.75, 3.05) is 5.32 Å². The zero-order chi connectivity index (χ0) is 18.9. The minimum Gasteiger partial charge on any atom is -0.320 e. The summed E-state index contributed by atoms with van der Waals surface area (Å²) in [6.07, 6.45) is -3.40. The number of benzene rings is 2. The molecule has 1 aromatic heterocycles. The van der Waals surface area contributed by atoms with Crippen LogP contribution in [0.5, 0.6) is 0 Å². The molecule has 0 aliphatic rings. The van der Waals surface area contributed by atoms with Gasteiger partial charge in [0, 0.05) is 12.3 Å². The molecular weight excluding hydrogens is 351 g/mol. The molecule has 2 aromatic carbocycles. The second-order valence-corrected chi connectivity index (χ2v) is 5.29. The predicted molar refractivity (Wildman–Crippen MR) is 87.8 cm³/mol. The van der Waals surface area contributed by atoms with Crippen molar-refractivity contribution in [1.82, 2.24) is 4.98 Å². The molecular formula is C17H10F3N3O3.